The number of carbonyl (C=O) groups excluding carboxylic acids is 1. The molecule has 28 heavy (non-hydrogen) atoms. The van der Waals surface area contributed by atoms with Gasteiger partial charge in [0.15, 0.2) is 5.96 Å². The minimum atomic E-state index is -0.0818. The van der Waals surface area contributed by atoms with Gasteiger partial charge in [0.2, 0.25) is 0 Å². The minimum absolute atomic E-state index is 0. The van der Waals surface area contributed by atoms with Crippen LogP contribution in [0.15, 0.2) is 22.5 Å². The summed E-state index contributed by atoms with van der Waals surface area (Å²) in [6.07, 6.45) is 4.14. The number of methoxy groups -OCH3 is 1. The molecule has 0 spiro atoms. The van der Waals surface area contributed by atoms with Crippen molar-refractivity contribution in [3.8, 4) is 0 Å². The molecular weight excluding hydrogens is 487 g/mol. The first-order valence-corrected chi connectivity index (χ1v) is 10.8. The van der Waals surface area contributed by atoms with Crippen molar-refractivity contribution in [2.24, 2.45) is 16.8 Å². The van der Waals surface area contributed by atoms with Crippen LogP contribution in [-0.2, 0) is 9.53 Å². The second kappa shape index (κ2) is 11.3. The predicted octanol–water partition coefficient (Wildman–Crippen LogP) is 3.21. The highest BCUT2D eigenvalue weighted by molar-refractivity contribution is 14.0. The van der Waals surface area contributed by atoms with E-state index in [1.807, 2.05) is 18.4 Å². The van der Waals surface area contributed by atoms with Crippen LogP contribution in [0.1, 0.15) is 36.6 Å². The van der Waals surface area contributed by atoms with E-state index < -0.39 is 0 Å². The fourth-order valence-corrected chi connectivity index (χ4v) is 5.41. The van der Waals surface area contributed by atoms with Gasteiger partial charge in [0.1, 0.15) is 0 Å². The maximum absolute atomic E-state index is 11.7. The summed E-state index contributed by atoms with van der Waals surface area (Å²) in [5.74, 6) is 1.48. The van der Waals surface area contributed by atoms with Crippen LogP contribution < -0.4 is 5.32 Å². The summed E-state index contributed by atoms with van der Waals surface area (Å²) in [6, 6.07) is 4.89. The van der Waals surface area contributed by atoms with Gasteiger partial charge in [0.25, 0.3) is 0 Å². The zero-order chi connectivity index (χ0) is 19.2. The van der Waals surface area contributed by atoms with Crippen LogP contribution in [0.25, 0.3) is 0 Å². The standard InChI is InChI=1S/C20H32N4O2S.HI/c1-21-20(24-11-8-15(9-12-24)19(25)26-3)22-14-16-6-4-10-23(2)18(16)17-7-5-13-27-17;/h5,7,13,15-16,18H,4,6,8-12,14H2,1-3H3,(H,21,22);1H. The van der Waals surface area contributed by atoms with Gasteiger partial charge in [0.05, 0.1) is 13.0 Å². The van der Waals surface area contributed by atoms with Gasteiger partial charge in [-0.15, -0.1) is 35.3 Å². The molecule has 0 aliphatic carbocycles. The van der Waals surface area contributed by atoms with Crippen molar-refractivity contribution in [3.63, 3.8) is 0 Å². The van der Waals surface area contributed by atoms with E-state index in [1.54, 1.807) is 0 Å². The van der Waals surface area contributed by atoms with Crippen molar-refractivity contribution in [2.45, 2.75) is 31.7 Å². The lowest BCUT2D eigenvalue weighted by Gasteiger charge is -2.40. The molecule has 2 aliphatic rings. The number of rotatable bonds is 4. The zero-order valence-corrected chi connectivity index (χ0v) is 20.2. The fraction of sp³-hybridized carbons (Fsp3) is 0.700. The Labute approximate surface area is 189 Å². The number of carbonyl (C=O) groups is 1. The normalized spacial score (nSPS) is 24.5. The monoisotopic (exact) mass is 520 g/mol. The molecule has 2 unspecified atom stereocenters. The van der Waals surface area contributed by atoms with Crippen LogP contribution in [0, 0.1) is 11.8 Å². The predicted molar refractivity (Wildman–Crippen MR) is 126 cm³/mol. The first-order chi connectivity index (χ1) is 13.1. The Balaban J connectivity index is 0.00000280. The maximum Gasteiger partial charge on any atom is 0.308 e. The van der Waals surface area contributed by atoms with Crippen LogP contribution in [0.3, 0.4) is 0 Å². The van der Waals surface area contributed by atoms with E-state index in [-0.39, 0.29) is 35.9 Å². The molecule has 0 bridgehead atoms. The van der Waals surface area contributed by atoms with E-state index >= 15 is 0 Å². The molecule has 1 aromatic rings. The number of esters is 1. The molecule has 0 saturated carbocycles. The number of likely N-dealkylation sites (tertiary alicyclic amines) is 2. The number of guanidine groups is 1. The number of hydrogen-bond acceptors (Lipinski definition) is 5. The number of nitrogens with one attached hydrogen (secondary N) is 1. The third-order valence-electron chi connectivity index (χ3n) is 5.90. The zero-order valence-electron chi connectivity index (χ0n) is 17.1. The van der Waals surface area contributed by atoms with Crippen molar-refractivity contribution in [1.29, 1.82) is 0 Å². The summed E-state index contributed by atoms with van der Waals surface area (Å²) in [5.41, 5.74) is 0. The number of ether oxygens (including phenoxy) is 1. The number of thiophene rings is 1. The van der Waals surface area contributed by atoms with E-state index in [2.05, 4.69) is 44.7 Å². The van der Waals surface area contributed by atoms with Crippen LogP contribution in [0.4, 0.5) is 0 Å². The summed E-state index contributed by atoms with van der Waals surface area (Å²) in [4.78, 5) is 22.5. The third kappa shape index (κ3) is 5.60. The smallest absolute Gasteiger partial charge is 0.308 e. The highest BCUT2D eigenvalue weighted by atomic mass is 127. The molecule has 3 rings (SSSR count). The highest BCUT2D eigenvalue weighted by Gasteiger charge is 2.32. The van der Waals surface area contributed by atoms with Crippen LogP contribution >= 0.6 is 35.3 Å². The molecule has 8 heteroatoms. The Morgan fingerprint density at radius 3 is 2.68 bits per heavy atom. The second-order valence-corrected chi connectivity index (χ2v) is 8.54. The van der Waals surface area contributed by atoms with Gasteiger partial charge in [-0.2, -0.15) is 0 Å². The average Bonchev–Trinajstić information content (AvgIpc) is 3.22. The molecule has 1 N–H and O–H groups in total. The van der Waals surface area contributed by atoms with Gasteiger partial charge >= 0.3 is 5.97 Å². The quantitative estimate of drug-likeness (QED) is 0.286. The Morgan fingerprint density at radius 2 is 2.07 bits per heavy atom. The molecule has 1 aromatic heterocycles. The second-order valence-electron chi connectivity index (χ2n) is 7.56. The Bertz CT molecular complexity index is 632. The van der Waals surface area contributed by atoms with Gasteiger partial charge in [0, 0.05) is 37.6 Å². The first kappa shape index (κ1) is 23.4. The van der Waals surface area contributed by atoms with E-state index in [1.165, 1.54) is 24.8 Å². The molecule has 6 nitrogen and oxygen atoms in total. The topological polar surface area (TPSA) is 57.2 Å². The van der Waals surface area contributed by atoms with E-state index in [4.69, 9.17) is 4.74 Å². The Kier molecular flexibility index (Phi) is 9.49. The summed E-state index contributed by atoms with van der Waals surface area (Å²) < 4.78 is 4.89. The lowest BCUT2D eigenvalue weighted by Crippen LogP contribution is -2.49. The van der Waals surface area contributed by atoms with Crippen molar-refractivity contribution in [3.05, 3.63) is 22.4 Å². The van der Waals surface area contributed by atoms with Crippen LogP contribution in [0.2, 0.25) is 0 Å². The molecule has 0 radical (unpaired) electrons. The fourth-order valence-electron chi connectivity index (χ4n) is 4.43. The van der Waals surface area contributed by atoms with Gasteiger partial charge in [-0.05, 0) is 56.6 Å². The highest BCUT2D eigenvalue weighted by Crippen LogP contribution is 2.36. The average molecular weight is 520 g/mol. The van der Waals surface area contributed by atoms with Gasteiger partial charge in [-0.3, -0.25) is 14.7 Å². The number of aliphatic imine (C=N–C) groups is 1. The van der Waals surface area contributed by atoms with Crippen molar-refractivity contribution in [2.75, 3.05) is 47.4 Å². The summed E-state index contributed by atoms with van der Waals surface area (Å²) in [6.45, 7) is 3.78. The molecule has 3 heterocycles. The number of nitrogens with zero attached hydrogens (tertiary/aromatic N) is 3. The number of halogens is 1. The molecule has 0 aromatic carbocycles. The van der Waals surface area contributed by atoms with Gasteiger partial charge < -0.3 is 15.0 Å². The Hall–Kier alpha value is -0.870. The third-order valence-corrected chi connectivity index (χ3v) is 6.85. The lowest BCUT2D eigenvalue weighted by atomic mass is 9.88. The molecule has 158 valence electrons. The van der Waals surface area contributed by atoms with Crippen molar-refractivity contribution in [1.82, 2.24) is 15.1 Å². The van der Waals surface area contributed by atoms with Gasteiger partial charge in [-0.1, -0.05) is 6.07 Å². The maximum atomic E-state index is 11.7. The van der Waals surface area contributed by atoms with Crippen molar-refractivity contribution < 1.29 is 9.53 Å². The lowest BCUT2D eigenvalue weighted by molar-refractivity contribution is -0.146. The summed E-state index contributed by atoms with van der Waals surface area (Å²) >= 11 is 1.86. The van der Waals surface area contributed by atoms with Crippen molar-refractivity contribution >= 4 is 47.2 Å². The van der Waals surface area contributed by atoms with Crippen LogP contribution in [-0.4, -0.2) is 69.1 Å². The number of hydrogen-bond donors (Lipinski definition) is 1. The van der Waals surface area contributed by atoms with E-state index in [0.717, 1.165) is 45.0 Å². The summed E-state index contributed by atoms with van der Waals surface area (Å²) in [7, 11) is 5.56. The molecule has 2 atom stereocenters. The van der Waals surface area contributed by atoms with Crippen LogP contribution in [0.5, 0.6) is 0 Å². The van der Waals surface area contributed by atoms with E-state index in [0.29, 0.717) is 12.0 Å². The molecular formula is C20H33IN4O2S. The minimum Gasteiger partial charge on any atom is -0.469 e. The van der Waals surface area contributed by atoms with E-state index in [9.17, 15) is 4.79 Å². The first-order valence-electron chi connectivity index (χ1n) is 9.91. The largest absolute Gasteiger partial charge is 0.469 e. The number of piperidine rings is 2. The summed E-state index contributed by atoms with van der Waals surface area (Å²) in [5, 5.41) is 5.79. The molecule has 2 saturated heterocycles. The van der Waals surface area contributed by atoms with Gasteiger partial charge in [-0.25, -0.2) is 0 Å². The molecule has 2 aliphatic heterocycles. The molecule has 0 amide bonds. The SMILES string of the molecule is CN=C(NCC1CCCN(C)C1c1cccs1)N1CCC(C(=O)OC)CC1.I. The Morgan fingerprint density at radius 1 is 1.32 bits per heavy atom. The molecule has 2 fully saturated rings.